The van der Waals surface area contributed by atoms with Gasteiger partial charge in [0.15, 0.2) is 5.01 Å². The minimum atomic E-state index is -0.176. The van der Waals surface area contributed by atoms with Crippen molar-refractivity contribution in [2.75, 3.05) is 0 Å². The van der Waals surface area contributed by atoms with Crippen LogP contribution < -0.4 is 5.56 Å². The van der Waals surface area contributed by atoms with E-state index in [-0.39, 0.29) is 5.56 Å². The molecule has 64 valence electrons. The van der Waals surface area contributed by atoms with Crippen molar-refractivity contribution in [1.82, 2.24) is 14.6 Å². The van der Waals surface area contributed by atoms with Gasteiger partial charge in [0.05, 0.1) is 0 Å². The smallest absolute Gasteiger partial charge is 0.267 e. The molecule has 5 heteroatoms. The Hall–Kier alpha value is -1.67. The summed E-state index contributed by atoms with van der Waals surface area (Å²) in [6.07, 6.45) is 1.47. The number of hydrogen-bond donors (Lipinski definition) is 0. The minimum Gasteiger partial charge on any atom is -0.267 e. The monoisotopic (exact) mass is 191 g/mol. The summed E-state index contributed by atoms with van der Waals surface area (Å²) in [5, 5.41) is 4.60. The molecule has 0 atom stereocenters. The highest BCUT2D eigenvalue weighted by Gasteiger charge is 2.02. The van der Waals surface area contributed by atoms with Crippen molar-refractivity contribution in [3.8, 4) is 11.8 Å². The van der Waals surface area contributed by atoms with Crippen LogP contribution in [0.1, 0.15) is 11.9 Å². The maximum Gasteiger partial charge on any atom is 0.275 e. The lowest BCUT2D eigenvalue weighted by atomic mass is 10.6. The van der Waals surface area contributed by atoms with E-state index < -0.39 is 0 Å². The van der Waals surface area contributed by atoms with Crippen LogP contribution in [-0.4, -0.2) is 14.6 Å². The van der Waals surface area contributed by atoms with Gasteiger partial charge in [-0.05, 0) is 12.8 Å². The number of nitrogens with zero attached hydrogens (tertiary/aromatic N) is 3. The molecule has 13 heavy (non-hydrogen) atoms. The molecule has 2 heterocycles. The van der Waals surface area contributed by atoms with E-state index in [1.54, 1.807) is 6.92 Å². The Bertz CT molecular complexity index is 558. The molecule has 0 spiro atoms. The topological polar surface area (TPSA) is 47.3 Å². The molecule has 0 bridgehead atoms. The summed E-state index contributed by atoms with van der Waals surface area (Å²) < 4.78 is 1.25. The molecular formula is C8H5N3OS. The Morgan fingerprint density at radius 3 is 3.15 bits per heavy atom. The second kappa shape index (κ2) is 2.99. The molecular weight excluding hydrogens is 186 g/mol. The Balaban J connectivity index is 2.80. The SMILES string of the molecule is CC#Cc1nn2c(=O)ccnc2s1. The van der Waals surface area contributed by atoms with Crippen molar-refractivity contribution in [3.63, 3.8) is 0 Å². The van der Waals surface area contributed by atoms with E-state index >= 15 is 0 Å². The Labute approximate surface area is 77.9 Å². The van der Waals surface area contributed by atoms with Crippen LogP contribution in [0.25, 0.3) is 4.96 Å². The van der Waals surface area contributed by atoms with Crippen molar-refractivity contribution >= 4 is 16.3 Å². The third-order valence-corrected chi connectivity index (χ3v) is 2.24. The second-order valence-corrected chi connectivity index (χ2v) is 3.22. The molecule has 0 radical (unpaired) electrons. The molecule has 0 aliphatic rings. The highest BCUT2D eigenvalue weighted by molar-refractivity contribution is 7.17. The first-order valence-electron chi connectivity index (χ1n) is 3.59. The largest absolute Gasteiger partial charge is 0.275 e. The van der Waals surface area contributed by atoms with Crippen LogP contribution in [0.4, 0.5) is 0 Å². The standard InChI is InChI=1S/C8H5N3OS/c1-2-3-6-10-11-7(12)4-5-9-8(11)13-6/h4-5H,1H3. The van der Waals surface area contributed by atoms with Crippen molar-refractivity contribution in [2.45, 2.75) is 6.92 Å². The van der Waals surface area contributed by atoms with Crippen molar-refractivity contribution in [2.24, 2.45) is 0 Å². The maximum atomic E-state index is 11.2. The molecule has 0 aromatic carbocycles. The molecule has 2 aromatic rings. The normalized spacial score (nSPS) is 9.62. The van der Waals surface area contributed by atoms with Crippen molar-refractivity contribution in [3.05, 3.63) is 27.6 Å². The van der Waals surface area contributed by atoms with Crippen LogP contribution in [0.5, 0.6) is 0 Å². The summed E-state index contributed by atoms with van der Waals surface area (Å²) in [5.41, 5.74) is -0.176. The summed E-state index contributed by atoms with van der Waals surface area (Å²) in [6, 6.07) is 1.37. The second-order valence-electron chi connectivity index (χ2n) is 2.26. The molecule has 0 saturated heterocycles. The van der Waals surface area contributed by atoms with Crippen LogP contribution in [0.2, 0.25) is 0 Å². The number of rotatable bonds is 0. The number of aromatic nitrogens is 3. The maximum absolute atomic E-state index is 11.2. The highest BCUT2D eigenvalue weighted by Crippen LogP contribution is 2.07. The van der Waals surface area contributed by atoms with Gasteiger partial charge in [0.2, 0.25) is 4.96 Å². The molecule has 2 rings (SSSR count). The fraction of sp³-hybridized carbons (Fsp3) is 0.125. The van der Waals surface area contributed by atoms with E-state index in [1.165, 1.54) is 28.1 Å². The summed E-state index contributed by atoms with van der Waals surface area (Å²) >= 11 is 1.30. The Morgan fingerprint density at radius 2 is 2.46 bits per heavy atom. The Kier molecular flexibility index (Phi) is 1.83. The predicted octanol–water partition coefficient (Wildman–Crippen LogP) is 0.522. The van der Waals surface area contributed by atoms with Crippen LogP contribution >= 0.6 is 11.3 Å². The third-order valence-electron chi connectivity index (χ3n) is 1.40. The quantitative estimate of drug-likeness (QED) is 0.570. The van der Waals surface area contributed by atoms with E-state index in [4.69, 9.17) is 0 Å². The van der Waals surface area contributed by atoms with Crippen molar-refractivity contribution in [1.29, 1.82) is 0 Å². The zero-order chi connectivity index (χ0) is 9.26. The fourth-order valence-corrected chi connectivity index (χ4v) is 1.68. The van der Waals surface area contributed by atoms with Gasteiger partial charge in [0, 0.05) is 12.3 Å². The number of fused-ring (bicyclic) bond motifs is 1. The van der Waals surface area contributed by atoms with E-state index in [0.29, 0.717) is 9.97 Å². The van der Waals surface area contributed by atoms with E-state index in [2.05, 4.69) is 21.9 Å². The van der Waals surface area contributed by atoms with Crippen LogP contribution in [0, 0.1) is 11.8 Å². The zero-order valence-electron chi connectivity index (χ0n) is 6.81. The van der Waals surface area contributed by atoms with Gasteiger partial charge < -0.3 is 0 Å². The predicted molar refractivity (Wildman–Crippen MR) is 49.7 cm³/mol. The Morgan fingerprint density at radius 1 is 1.62 bits per heavy atom. The molecule has 0 fully saturated rings. The fourth-order valence-electron chi connectivity index (χ4n) is 0.901. The van der Waals surface area contributed by atoms with Gasteiger partial charge in [-0.3, -0.25) is 4.79 Å². The highest BCUT2D eigenvalue weighted by atomic mass is 32.1. The van der Waals surface area contributed by atoms with Gasteiger partial charge >= 0.3 is 0 Å². The van der Waals surface area contributed by atoms with E-state index in [1.807, 2.05) is 0 Å². The summed E-state index contributed by atoms with van der Waals surface area (Å²) in [5.74, 6) is 5.50. The van der Waals surface area contributed by atoms with E-state index in [0.717, 1.165) is 0 Å². The lowest BCUT2D eigenvalue weighted by Crippen LogP contribution is -2.12. The van der Waals surface area contributed by atoms with Gasteiger partial charge in [-0.1, -0.05) is 17.3 Å². The minimum absolute atomic E-state index is 0.176. The molecule has 0 N–H and O–H groups in total. The summed E-state index contributed by atoms with van der Waals surface area (Å²) in [6.45, 7) is 1.72. The van der Waals surface area contributed by atoms with Gasteiger partial charge in [-0.15, -0.1) is 5.10 Å². The molecule has 0 aliphatic carbocycles. The molecule has 0 unspecified atom stereocenters. The molecule has 4 nitrogen and oxygen atoms in total. The van der Waals surface area contributed by atoms with Crippen molar-refractivity contribution < 1.29 is 0 Å². The van der Waals surface area contributed by atoms with Gasteiger partial charge in [-0.25, -0.2) is 4.98 Å². The van der Waals surface area contributed by atoms with Crippen LogP contribution in [0.3, 0.4) is 0 Å². The van der Waals surface area contributed by atoms with Crippen LogP contribution in [-0.2, 0) is 0 Å². The molecule has 0 amide bonds. The summed E-state index contributed by atoms with van der Waals surface area (Å²) in [4.78, 5) is 15.8. The molecule has 0 saturated carbocycles. The summed E-state index contributed by atoms with van der Waals surface area (Å²) in [7, 11) is 0. The van der Waals surface area contributed by atoms with Gasteiger partial charge in [0.25, 0.3) is 5.56 Å². The van der Waals surface area contributed by atoms with Crippen LogP contribution in [0.15, 0.2) is 17.1 Å². The lowest BCUT2D eigenvalue weighted by Gasteiger charge is -1.83. The van der Waals surface area contributed by atoms with Gasteiger partial charge in [-0.2, -0.15) is 4.52 Å². The average Bonchev–Trinajstić information content (AvgIpc) is 2.49. The molecule has 0 aliphatic heterocycles. The van der Waals surface area contributed by atoms with E-state index in [9.17, 15) is 4.79 Å². The number of hydrogen-bond acceptors (Lipinski definition) is 4. The molecule has 2 aromatic heterocycles. The lowest BCUT2D eigenvalue weighted by molar-refractivity contribution is 0.893. The zero-order valence-corrected chi connectivity index (χ0v) is 7.63. The first-order chi connectivity index (χ1) is 6.31. The van der Waals surface area contributed by atoms with Gasteiger partial charge in [0.1, 0.15) is 0 Å². The first-order valence-corrected chi connectivity index (χ1v) is 4.40. The third kappa shape index (κ3) is 1.32. The average molecular weight is 191 g/mol. The first kappa shape index (κ1) is 7.95.